The second-order valence-corrected chi connectivity index (χ2v) is 6.16. The normalized spacial score (nSPS) is 10.6. The average molecular weight is 382 g/mol. The average Bonchev–Trinajstić information content (AvgIpc) is 2.60. The van der Waals surface area contributed by atoms with Crippen molar-refractivity contribution in [2.24, 2.45) is 0 Å². The standard InChI is InChI=1S/C17H11Cl3N2O2/c18-12-6-4-11(5-7-12)10-24-14-3-1-2-13(8-14)22-17(23)16(20)15(19)9-21-22/h1-9H,10H2. The maximum absolute atomic E-state index is 12.1. The van der Waals surface area contributed by atoms with Crippen molar-refractivity contribution in [1.29, 1.82) is 0 Å². The van der Waals surface area contributed by atoms with Crippen LogP contribution in [0, 0.1) is 0 Å². The molecule has 3 rings (SSSR count). The first-order valence-electron chi connectivity index (χ1n) is 6.95. The lowest BCUT2D eigenvalue weighted by Crippen LogP contribution is -2.21. The number of benzene rings is 2. The highest BCUT2D eigenvalue weighted by molar-refractivity contribution is 6.41. The van der Waals surface area contributed by atoms with Crippen molar-refractivity contribution >= 4 is 34.8 Å². The van der Waals surface area contributed by atoms with Crippen LogP contribution in [0.4, 0.5) is 0 Å². The Labute approximate surface area is 153 Å². The summed E-state index contributed by atoms with van der Waals surface area (Å²) in [5.74, 6) is 0.599. The maximum atomic E-state index is 12.1. The minimum atomic E-state index is -0.487. The molecule has 2 aromatic carbocycles. The summed E-state index contributed by atoms with van der Waals surface area (Å²) in [6.07, 6.45) is 1.33. The second kappa shape index (κ2) is 7.26. The molecular formula is C17H11Cl3N2O2. The van der Waals surface area contributed by atoms with E-state index >= 15 is 0 Å². The maximum Gasteiger partial charge on any atom is 0.291 e. The van der Waals surface area contributed by atoms with Crippen LogP contribution < -0.4 is 10.3 Å². The molecule has 0 amide bonds. The highest BCUT2D eigenvalue weighted by atomic mass is 35.5. The summed E-state index contributed by atoms with van der Waals surface area (Å²) in [5, 5.41) is 4.72. The Kier molecular flexibility index (Phi) is 5.09. The number of hydrogen-bond acceptors (Lipinski definition) is 3. The van der Waals surface area contributed by atoms with Gasteiger partial charge in [-0.25, -0.2) is 0 Å². The third-order valence-electron chi connectivity index (χ3n) is 3.26. The molecule has 0 aliphatic heterocycles. The fourth-order valence-electron chi connectivity index (χ4n) is 2.05. The van der Waals surface area contributed by atoms with E-state index in [0.29, 0.717) is 23.1 Å². The highest BCUT2D eigenvalue weighted by Crippen LogP contribution is 2.20. The van der Waals surface area contributed by atoms with Gasteiger partial charge in [0.2, 0.25) is 0 Å². The Balaban J connectivity index is 1.83. The van der Waals surface area contributed by atoms with Crippen LogP contribution in [-0.4, -0.2) is 9.78 Å². The first kappa shape index (κ1) is 16.8. The van der Waals surface area contributed by atoms with E-state index in [0.717, 1.165) is 5.56 Å². The van der Waals surface area contributed by atoms with Crippen molar-refractivity contribution in [2.75, 3.05) is 0 Å². The topological polar surface area (TPSA) is 44.1 Å². The van der Waals surface area contributed by atoms with Gasteiger partial charge < -0.3 is 4.74 Å². The van der Waals surface area contributed by atoms with Gasteiger partial charge in [-0.1, -0.05) is 53.0 Å². The zero-order valence-corrected chi connectivity index (χ0v) is 14.5. The fraction of sp³-hybridized carbons (Fsp3) is 0.0588. The predicted molar refractivity (Wildman–Crippen MR) is 95.6 cm³/mol. The summed E-state index contributed by atoms with van der Waals surface area (Å²) < 4.78 is 6.91. The quantitative estimate of drug-likeness (QED) is 0.654. The number of aromatic nitrogens is 2. The van der Waals surface area contributed by atoms with Crippen molar-refractivity contribution in [3.63, 3.8) is 0 Å². The van der Waals surface area contributed by atoms with E-state index in [1.807, 2.05) is 12.1 Å². The van der Waals surface area contributed by atoms with Gasteiger partial charge in [0.1, 0.15) is 17.4 Å². The molecule has 1 heterocycles. The molecule has 3 aromatic rings. The minimum Gasteiger partial charge on any atom is -0.489 e. The minimum absolute atomic E-state index is 0.0702. The molecule has 0 saturated carbocycles. The van der Waals surface area contributed by atoms with Crippen LogP contribution in [0.15, 0.2) is 59.5 Å². The van der Waals surface area contributed by atoms with Crippen LogP contribution in [0.3, 0.4) is 0 Å². The van der Waals surface area contributed by atoms with Crippen molar-refractivity contribution in [3.8, 4) is 11.4 Å². The molecule has 0 aliphatic rings. The van der Waals surface area contributed by atoms with E-state index in [9.17, 15) is 4.79 Å². The molecule has 0 spiro atoms. The highest BCUT2D eigenvalue weighted by Gasteiger charge is 2.09. The lowest BCUT2D eigenvalue weighted by atomic mass is 10.2. The molecule has 0 fully saturated rings. The van der Waals surface area contributed by atoms with Crippen LogP contribution in [-0.2, 0) is 6.61 Å². The molecule has 4 nitrogen and oxygen atoms in total. The first-order chi connectivity index (χ1) is 11.5. The summed E-state index contributed by atoms with van der Waals surface area (Å²) in [5.41, 5.74) is 1.03. The molecule has 0 saturated heterocycles. The van der Waals surface area contributed by atoms with Gasteiger partial charge in [0, 0.05) is 11.1 Å². The Morgan fingerprint density at radius 1 is 1.04 bits per heavy atom. The van der Waals surface area contributed by atoms with Crippen molar-refractivity contribution in [3.05, 3.63) is 85.7 Å². The molecule has 0 radical (unpaired) electrons. The molecular weight excluding hydrogens is 371 g/mol. The van der Waals surface area contributed by atoms with Gasteiger partial charge >= 0.3 is 0 Å². The number of nitrogens with zero attached hydrogens (tertiary/aromatic N) is 2. The van der Waals surface area contributed by atoms with Crippen LogP contribution in [0.25, 0.3) is 5.69 Å². The third-order valence-corrected chi connectivity index (χ3v) is 4.26. The number of ether oxygens (including phenoxy) is 1. The summed E-state index contributed by atoms with van der Waals surface area (Å²) in [6, 6.07) is 14.4. The molecule has 122 valence electrons. The van der Waals surface area contributed by atoms with E-state index in [1.54, 1.807) is 36.4 Å². The Morgan fingerprint density at radius 2 is 1.79 bits per heavy atom. The molecule has 24 heavy (non-hydrogen) atoms. The SMILES string of the molecule is O=c1c(Cl)c(Cl)cnn1-c1cccc(OCc2ccc(Cl)cc2)c1. The molecule has 1 aromatic heterocycles. The molecule has 0 unspecified atom stereocenters. The fourth-order valence-corrected chi connectivity index (χ4v) is 2.43. The van der Waals surface area contributed by atoms with Gasteiger partial charge in [-0.2, -0.15) is 9.78 Å². The summed E-state index contributed by atoms with van der Waals surface area (Å²) in [4.78, 5) is 12.1. The van der Waals surface area contributed by atoms with E-state index in [-0.39, 0.29) is 10.0 Å². The molecule has 0 N–H and O–H groups in total. The van der Waals surface area contributed by atoms with Crippen LogP contribution in [0.5, 0.6) is 5.75 Å². The molecule has 0 aliphatic carbocycles. The zero-order valence-electron chi connectivity index (χ0n) is 12.2. The largest absolute Gasteiger partial charge is 0.489 e. The van der Waals surface area contributed by atoms with Crippen molar-refractivity contribution in [2.45, 2.75) is 6.61 Å². The van der Waals surface area contributed by atoms with Gasteiger partial charge in [0.15, 0.2) is 0 Å². The van der Waals surface area contributed by atoms with Gasteiger partial charge in [-0.05, 0) is 29.8 Å². The monoisotopic (exact) mass is 380 g/mol. The van der Waals surface area contributed by atoms with Crippen LogP contribution in [0.1, 0.15) is 5.56 Å². The number of hydrogen-bond donors (Lipinski definition) is 0. The van der Waals surface area contributed by atoms with Crippen molar-refractivity contribution < 1.29 is 4.74 Å². The summed E-state index contributed by atoms with van der Waals surface area (Å²) in [7, 11) is 0. The first-order valence-corrected chi connectivity index (χ1v) is 8.09. The number of halogens is 3. The summed E-state index contributed by atoms with van der Waals surface area (Å²) in [6.45, 7) is 0.379. The second-order valence-electron chi connectivity index (χ2n) is 4.94. The van der Waals surface area contributed by atoms with Crippen LogP contribution >= 0.6 is 34.8 Å². The smallest absolute Gasteiger partial charge is 0.291 e. The Bertz CT molecular complexity index is 924. The van der Waals surface area contributed by atoms with Crippen molar-refractivity contribution in [1.82, 2.24) is 9.78 Å². The Hall–Kier alpha value is -2.01. The van der Waals surface area contributed by atoms with E-state index in [2.05, 4.69) is 5.10 Å². The lowest BCUT2D eigenvalue weighted by molar-refractivity contribution is 0.306. The molecule has 7 heteroatoms. The van der Waals surface area contributed by atoms with Crippen LogP contribution in [0.2, 0.25) is 15.1 Å². The molecule has 0 atom stereocenters. The zero-order chi connectivity index (χ0) is 17.1. The van der Waals surface area contributed by atoms with Gasteiger partial charge in [0.25, 0.3) is 5.56 Å². The van der Waals surface area contributed by atoms with E-state index in [1.165, 1.54) is 10.9 Å². The van der Waals surface area contributed by atoms with Gasteiger partial charge in [0.05, 0.1) is 16.9 Å². The third kappa shape index (κ3) is 3.73. The van der Waals surface area contributed by atoms with Gasteiger partial charge in [-0.15, -0.1) is 0 Å². The summed E-state index contributed by atoms with van der Waals surface area (Å²) >= 11 is 17.5. The van der Waals surface area contributed by atoms with E-state index in [4.69, 9.17) is 39.5 Å². The molecule has 0 bridgehead atoms. The predicted octanol–water partition coefficient (Wildman–Crippen LogP) is 4.77. The van der Waals surface area contributed by atoms with E-state index < -0.39 is 5.56 Å². The Morgan fingerprint density at radius 3 is 2.54 bits per heavy atom. The number of rotatable bonds is 4. The van der Waals surface area contributed by atoms with Gasteiger partial charge in [-0.3, -0.25) is 4.79 Å². The lowest BCUT2D eigenvalue weighted by Gasteiger charge is -2.09.